The van der Waals surface area contributed by atoms with Crippen molar-refractivity contribution in [2.24, 2.45) is 0 Å². The second-order valence-electron chi connectivity index (χ2n) is 8.31. The van der Waals surface area contributed by atoms with Gasteiger partial charge in [-0.25, -0.2) is 5.10 Å². The molecule has 1 aromatic heterocycles. The van der Waals surface area contributed by atoms with Crippen LogP contribution in [-0.4, -0.2) is 39.6 Å². The highest BCUT2D eigenvalue weighted by molar-refractivity contribution is 5.94. The molecule has 1 saturated heterocycles. The number of nitrogens with zero attached hydrogens (tertiary/aromatic N) is 3. The van der Waals surface area contributed by atoms with Gasteiger partial charge in [-0.05, 0) is 31.1 Å². The Kier molecular flexibility index (Phi) is 5.57. The first-order valence-corrected chi connectivity index (χ1v) is 11.3. The van der Waals surface area contributed by atoms with Crippen LogP contribution in [0.4, 0.5) is 0 Å². The maximum atomic E-state index is 12.3. The SMILES string of the molecule is O=c1[nH]nc(C2=CC(N3C=CC=CC3)=C(N3CCCCCC3)CC=C2)c2ccccc12. The number of benzene rings is 1. The van der Waals surface area contributed by atoms with Crippen LogP contribution in [0.3, 0.4) is 0 Å². The van der Waals surface area contributed by atoms with Crippen molar-refractivity contribution in [1.29, 1.82) is 0 Å². The molecule has 0 atom stereocenters. The minimum atomic E-state index is -0.150. The summed E-state index contributed by atoms with van der Waals surface area (Å²) in [7, 11) is 0. The monoisotopic (exact) mass is 412 g/mol. The van der Waals surface area contributed by atoms with Gasteiger partial charge in [0.1, 0.15) is 0 Å². The number of aromatic amines is 1. The quantitative estimate of drug-likeness (QED) is 0.791. The maximum absolute atomic E-state index is 12.3. The lowest BCUT2D eigenvalue weighted by Crippen LogP contribution is -2.29. The van der Waals surface area contributed by atoms with E-state index in [-0.39, 0.29) is 5.56 Å². The summed E-state index contributed by atoms with van der Waals surface area (Å²) in [6.07, 6.45) is 21.2. The van der Waals surface area contributed by atoms with Crippen LogP contribution in [0.15, 0.2) is 83.1 Å². The van der Waals surface area contributed by atoms with Crippen molar-refractivity contribution in [3.05, 3.63) is 94.4 Å². The Morgan fingerprint density at radius 2 is 1.74 bits per heavy atom. The van der Waals surface area contributed by atoms with E-state index in [9.17, 15) is 4.79 Å². The second kappa shape index (κ2) is 8.80. The zero-order chi connectivity index (χ0) is 21.0. The molecule has 5 heteroatoms. The molecule has 1 N–H and O–H groups in total. The third kappa shape index (κ3) is 4.00. The largest absolute Gasteiger partial charge is 0.373 e. The molecule has 0 saturated carbocycles. The summed E-state index contributed by atoms with van der Waals surface area (Å²) in [6, 6.07) is 7.70. The summed E-state index contributed by atoms with van der Waals surface area (Å²) in [6.45, 7) is 3.08. The van der Waals surface area contributed by atoms with Gasteiger partial charge in [-0.1, -0.05) is 55.3 Å². The van der Waals surface area contributed by atoms with E-state index in [4.69, 9.17) is 0 Å². The molecule has 1 aliphatic carbocycles. The molecule has 158 valence electrons. The Morgan fingerprint density at radius 1 is 0.935 bits per heavy atom. The molecule has 1 aromatic carbocycles. The van der Waals surface area contributed by atoms with Crippen molar-refractivity contribution in [1.82, 2.24) is 20.0 Å². The minimum Gasteiger partial charge on any atom is -0.373 e. The van der Waals surface area contributed by atoms with Crippen LogP contribution < -0.4 is 5.56 Å². The van der Waals surface area contributed by atoms with E-state index >= 15 is 0 Å². The number of rotatable bonds is 3. The van der Waals surface area contributed by atoms with Crippen molar-refractivity contribution in [2.45, 2.75) is 32.1 Å². The van der Waals surface area contributed by atoms with Gasteiger partial charge in [0.2, 0.25) is 0 Å². The van der Waals surface area contributed by atoms with E-state index in [1.165, 1.54) is 37.1 Å². The molecule has 0 radical (unpaired) electrons. The molecule has 31 heavy (non-hydrogen) atoms. The number of H-pyrrole nitrogens is 1. The predicted molar refractivity (Wildman–Crippen MR) is 126 cm³/mol. The summed E-state index contributed by atoms with van der Waals surface area (Å²) < 4.78 is 0. The molecular formula is C26H28N4O. The number of aromatic nitrogens is 2. The van der Waals surface area contributed by atoms with Gasteiger partial charge in [0.25, 0.3) is 5.56 Å². The Balaban J connectivity index is 1.65. The zero-order valence-electron chi connectivity index (χ0n) is 17.8. The minimum absolute atomic E-state index is 0.150. The summed E-state index contributed by atoms with van der Waals surface area (Å²) >= 11 is 0. The number of fused-ring (bicyclic) bond motifs is 1. The average Bonchev–Trinajstić information content (AvgIpc) is 3.21. The van der Waals surface area contributed by atoms with Crippen LogP contribution in [0.25, 0.3) is 16.3 Å². The fraction of sp³-hybridized carbons (Fsp3) is 0.308. The number of hydrogen-bond donors (Lipinski definition) is 1. The van der Waals surface area contributed by atoms with E-state index < -0.39 is 0 Å². The van der Waals surface area contributed by atoms with Gasteiger partial charge in [0.05, 0.1) is 16.8 Å². The number of hydrogen-bond acceptors (Lipinski definition) is 4. The third-order valence-corrected chi connectivity index (χ3v) is 6.28. The molecule has 2 aliphatic heterocycles. The normalized spacial score (nSPS) is 19.5. The molecule has 0 bridgehead atoms. The smallest absolute Gasteiger partial charge is 0.272 e. The van der Waals surface area contributed by atoms with Crippen molar-refractivity contribution < 1.29 is 0 Å². The molecule has 0 unspecified atom stereocenters. The standard InChI is InChI=1S/C26H28N4O/c31-26-22-13-5-4-12-21(22)25(27-28-26)20-11-10-14-23(29-15-6-1-2-7-16-29)24(19-20)30-17-8-3-9-18-30/h3-5,8-13,17,19H,1-2,6-7,14-16,18H2,(H,28,31). The second-order valence-corrected chi connectivity index (χ2v) is 8.31. The fourth-order valence-corrected chi connectivity index (χ4v) is 4.69. The number of nitrogens with one attached hydrogen (secondary N) is 1. The highest BCUT2D eigenvalue weighted by Crippen LogP contribution is 2.31. The lowest BCUT2D eigenvalue weighted by atomic mass is 10.0. The molecule has 5 rings (SSSR count). The van der Waals surface area contributed by atoms with E-state index in [1.807, 2.05) is 24.3 Å². The van der Waals surface area contributed by atoms with Gasteiger partial charge >= 0.3 is 0 Å². The summed E-state index contributed by atoms with van der Waals surface area (Å²) in [4.78, 5) is 17.2. The first-order valence-electron chi connectivity index (χ1n) is 11.3. The number of likely N-dealkylation sites (tertiary alicyclic amines) is 1. The molecule has 3 aliphatic rings. The van der Waals surface area contributed by atoms with Crippen LogP contribution >= 0.6 is 0 Å². The van der Waals surface area contributed by atoms with E-state index in [2.05, 4.69) is 62.7 Å². The Morgan fingerprint density at radius 3 is 2.52 bits per heavy atom. The van der Waals surface area contributed by atoms with Gasteiger partial charge < -0.3 is 9.80 Å². The molecule has 2 aromatic rings. The van der Waals surface area contributed by atoms with Gasteiger partial charge in [0, 0.05) is 48.9 Å². The fourth-order valence-electron chi connectivity index (χ4n) is 4.69. The van der Waals surface area contributed by atoms with Gasteiger partial charge in [0.15, 0.2) is 0 Å². The van der Waals surface area contributed by atoms with E-state index in [1.54, 1.807) is 0 Å². The molecule has 0 amide bonds. The molecule has 5 nitrogen and oxygen atoms in total. The van der Waals surface area contributed by atoms with Crippen molar-refractivity contribution in [3.8, 4) is 0 Å². The molecular weight excluding hydrogens is 384 g/mol. The van der Waals surface area contributed by atoms with E-state index in [0.717, 1.165) is 42.7 Å². The highest BCUT2D eigenvalue weighted by Gasteiger charge is 2.21. The van der Waals surface area contributed by atoms with Gasteiger partial charge in [-0.3, -0.25) is 4.79 Å². The third-order valence-electron chi connectivity index (χ3n) is 6.28. The van der Waals surface area contributed by atoms with Crippen molar-refractivity contribution in [3.63, 3.8) is 0 Å². The average molecular weight is 413 g/mol. The lowest BCUT2D eigenvalue weighted by Gasteiger charge is -2.31. The molecule has 0 spiro atoms. The van der Waals surface area contributed by atoms with Gasteiger partial charge in [-0.15, -0.1) is 0 Å². The molecule has 3 heterocycles. The van der Waals surface area contributed by atoms with Crippen LogP contribution in [0.5, 0.6) is 0 Å². The zero-order valence-corrected chi connectivity index (χ0v) is 17.8. The van der Waals surface area contributed by atoms with E-state index in [0.29, 0.717) is 5.39 Å². The van der Waals surface area contributed by atoms with Crippen molar-refractivity contribution >= 4 is 16.3 Å². The summed E-state index contributed by atoms with van der Waals surface area (Å²) in [5, 5.41) is 8.71. The highest BCUT2D eigenvalue weighted by atomic mass is 16.1. The van der Waals surface area contributed by atoms with Crippen LogP contribution in [0.2, 0.25) is 0 Å². The lowest BCUT2D eigenvalue weighted by molar-refractivity contribution is 0.336. The number of allylic oxidation sites excluding steroid dienone is 6. The first kappa shape index (κ1) is 19.6. The topological polar surface area (TPSA) is 52.2 Å². The van der Waals surface area contributed by atoms with Crippen LogP contribution in [0.1, 0.15) is 37.8 Å². The first-order chi connectivity index (χ1) is 15.3. The Hall–Kier alpha value is -3.34. The maximum Gasteiger partial charge on any atom is 0.272 e. The van der Waals surface area contributed by atoms with Gasteiger partial charge in [-0.2, -0.15) is 5.10 Å². The Labute approximate surface area is 182 Å². The van der Waals surface area contributed by atoms with Crippen LogP contribution in [0, 0.1) is 0 Å². The Bertz CT molecular complexity index is 1170. The van der Waals surface area contributed by atoms with Crippen LogP contribution in [-0.2, 0) is 0 Å². The summed E-state index contributed by atoms with van der Waals surface area (Å²) in [5.41, 5.74) is 4.29. The predicted octanol–water partition coefficient (Wildman–Crippen LogP) is 4.74. The summed E-state index contributed by atoms with van der Waals surface area (Å²) in [5.74, 6) is 0. The van der Waals surface area contributed by atoms with Crippen molar-refractivity contribution in [2.75, 3.05) is 19.6 Å². The molecule has 1 fully saturated rings.